The Hall–Kier alpha value is -2.73. The SMILES string of the molecule is COc1ccccc1C(=O)Nc1cc(C(=O)O)cc(Cl)c1OC. The largest absolute Gasteiger partial charge is 0.496 e. The van der Waals surface area contributed by atoms with E-state index in [9.17, 15) is 9.59 Å². The third-order valence-corrected chi connectivity index (χ3v) is 3.38. The first-order valence-corrected chi connectivity index (χ1v) is 6.91. The second kappa shape index (κ2) is 7.02. The van der Waals surface area contributed by atoms with Crippen LogP contribution in [-0.2, 0) is 0 Å². The number of carboxylic acids is 1. The lowest BCUT2D eigenvalue weighted by molar-refractivity contribution is 0.0696. The molecule has 0 spiro atoms. The topological polar surface area (TPSA) is 84.9 Å². The molecule has 0 unspecified atom stereocenters. The van der Waals surface area contributed by atoms with Gasteiger partial charge in [-0.3, -0.25) is 4.79 Å². The van der Waals surface area contributed by atoms with Crippen molar-refractivity contribution in [2.75, 3.05) is 19.5 Å². The summed E-state index contributed by atoms with van der Waals surface area (Å²) in [4.78, 5) is 23.5. The molecule has 2 rings (SSSR count). The van der Waals surface area contributed by atoms with Gasteiger partial charge in [0.1, 0.15) is 5.75 Å². The van der Waals surface area contributed by atoms with Crippen molar-refractivity contribution in [2.45, 2.75) is 0 Å². The summed E-state index contributed by atoms with van der Waals surface area (Å²) in [6, 6.07) is 9.19. The summed E-state index contributed by atoms with van der Waals surface area (Å²) in [5.41, 5.74) is 0.397. The maximum absolute atomic E-state index is 12.4. The summed E-state index contributed by atoms with van der Waals surface area (Å²) >= 11 is 6.00. The number of carboxylic acid groups (broad SMARTS) is 1. The maximum atomic E-state index is 12.4. The van der Waals surface area contributed by atoms with Crippen LogP contribution >= 0.6 is 11.6 Å². The molecule has 0 aliphatic rings. The van der Waals surface area contributed by atoms with Gasteiger partial charge in [-0.15, -0.1) is 0 Å². The van der Waals surface area contributed by atoms with Crippen LogP contribution in [0.25, 0.3) is 0 Å². The summed E-state index contributed by atoms with van der Waals surface area (Å²) in [5, 5.41) is 11.8. The molecular weight excluding hydrogens is 322 g/mol. The number of amides is 1. The summed E-state index contributed by atoms with van der Waals surface area (Å²) in [6.45, 7) is 0. The molecule has 0 bridgehead atoms. The molecule has 120 valence electrons. The van der Waals surface area contributed by atoms with Crippen LogP contribution in [-0.4, -0.2) is 31.2 Å². The van der Waals surface area contributed by atoms with Gasteiger partial charge in [0.05, 0.1) is 36.1 Å². The minimum absolute atomic E-state index is 0.0638. The molecule has 1 amide bonds. The van der Waals surface area contributed by atoms with E-state index in [1.807, 2.05) is 0 Å². The predicted molar refractivity (Wildman–Crippen MR) is 85.9 cm³/mol. The van der Waals surface area contributed by atoms with E-state index in [2.05, 4.69) is 5.32 Å². The van der Waals surface area contributed by atoms with Crippen LogP contribution in [0.1, 0.15) is 20.7 Å². The van der Waals surface area contributed by atoms with E-state index in [0.717, 1.165) is 0 Å². The van der Waals surface area contributed by atoms with Crippen molar-refractivity contribution in [3.63, 3.8) is 0 Å². The van der Waals surface area contributed by atoms with Gasteiger partial charge in [-0.2, -0.15) is 0 Å². The van der Waals surface area contributed by atoms with Crippen LogP contribution in [0.2, 0.25) is 5.02 Å². The molecular formula is C16H14ClNO5. The van der Waals surface area contributed by atoms with Gasteiger partial charge in [0.25, 0.3) is 5.91 Å². The Bertz CT molecular complexity index is 760. The molecule has 0 heterocycles. The molecule has 2 N–H and O–H groups in total. The zero-order valence-corrected chi connectivity index (χ0v) is 13.2. The first-order valence-electron chi connectivity index (χ1n) is 6.53. The smallest absolute Gasteiger partial charge is 0.335 e. The van der Waals surface area contributed by atoms with Crippen molar-refractivity contribution in [3.05, 3.63) is 52.5 Å². The van der Waals surface area contributed by atoms with Crippen LogP contribution in [0, 0.1) is 0 Å². The van der Waals surface area contributed by atoms with Gasteiger partial charge in [-0.05, 0) is 24.3 Å². The number of benzene rings is 2. The zero-order valence-electron chi connectivity index (χ0n) is 12.4. The van der Waals surface area contributed by atoms with Crippen LogP contribution < -0.4 is 14.8 Å². The van der Waals surface area contributed by atoms with E-state index >= 15 is 0 Å². The van der Waals surface area contributed by atoms with Crippen LogP contribution in [0.4, 0.5) is 5.69 Å². The number of rotatable bonds is 5. The van der Waals surface area contributed by atoms with Gasteiger partial charge >= 0.3 is 5.97 Å². The van der Waals surface area contributed by atoms with Crippen LogP contribution in [0.15, 0.2) is 36.4 Å². The number of anilines is 1. The highest BCUT2D eigenvalue weighted by Gasteiger charge is 2.18. The van der Waals surface area contributed by atoms with Crippen molar-refractivity contribution in [1.82, 2.24) is 0 Å². The number of hydrogen-bond acceptors (Lipinski definition) is 4. The van der Waals surface area contributed by atoms with Crippen molar-refractivity contribution in [1.29, 1.82) is 0 Å². The Morgan fingerprint density at radius 2 is 1.83 bits per heavy atom. The average molecular weight is 336 g/mol. The Morgan fingerprint density at radius 1 is 1.13 bits per heavy atom. The number of carbonyl (C=O) groups is 2. The second-order valence-corrected chi connectivity index (χ2v) is 4.91. The molecule has 0 atom stereocenters. The molecule has 6 nitrogen and oxygen atoms in total. The monoisotopic (exact) mass is 335 g/mol. The van der Waals surface area contributed by atoms with Gasteiger partial charge in [0.2, 0.25) is 0 Å². The summed E-state index contributed by atoms with van der Waals surface area (Å²) in [7, 11) is 2.83. The number of ether oxygens (including phenoxy) is 2. The lowest BCUT2D eigenvalue weighted by Crippen LogP contribution is -2.14. The lowest BCUT2D eigenvalue weighted by atomic mass is 10.1. The van der Waals surface area contributed by atoms with E-state index in [0.29, 0.717) is 11.3 Å². The Morgan fingerprint density at radius 3 is 2.43 bits per heavy atom. The first kappa shape index (κ1) is 16.6. The number of methoxy groups -OCH3 is 2. The van der Waals surface area contributed by atoms with Gasteiger partial charge in [0, 0.05) is 0 Å². The second-order valence-electron chi connectivity index (χ2n) is 4.50. The lowest BCUT2D eigenvalue weighted by Gasteiger charge is -2.14. The summed E-state index contributed by atoms with van der Waals surface area (Å²) in [6.07, 6.45) is 0. The van der Waals surface area contributed by atoms with Gasteiger partial charge in [-0.1, -0.05) is 23.7 Å². The molecule has 0 fully saturated rings. The van der Waals surface area contributed by atoms with Crippen molar-refractivity contribution >= 4 is 29.2 Å². The third-order valence-electron chi connectivity index (χ3n) is 3.09. The average Bonchev–Trinajstić information content (AvgIpc) is 2.54. The third kappa shape index (κ3) is 3.54. The molecule has 0 radical (unpaired) electrons. The highest BCUT2D eigenvalue weighted by molar-refractivity contribution is 6.33. The summed E-state index contributed by atoms with van der Waals surface area (Å²) in [5.74, 6) is -1.06. The molecule has 7 heteroatoms. The van der Waals surface area contributed by atoms with E-state index in [1.54, 1.807) is 24.3 Å². The standard InChI is InChI=1S/C16H14ClNO5/c1-22-13-6-4-3-5-10(13)15(19)18-12-8-9(16(20)21)7-11(17)14(12)23-2/h3-8H,1-2H3,(H,18,19)(H,20,21). The maximum Gasteiger partial charge on any atom is 0.335 e. The number of nitrogens with one attached hydrogen (secondary N) is 1. The number of hydrogen-bond donors (Lipinski definition) is 2. The molecule has 23 heavy (non-hydrogen) atoms. The van der Waals surface area contributed by atoms with E-state index in [-0.39, 0.29) is 22.0 Å². The van der Waals surface area contributed by atoms with Gasteiger partial charge < -0.3 is 19.9 Å². The molecule has 0 saturated heterocycles. The molecule has 2 aromatic carbocycles. The number of aromatic carboxylic acids is 1. The molecule has 2 aromatic rings. The van der Waals surface area contributed by atoms with Crippen LogP contribution in [0.3, 0.4) is 0 Å². The van der Waals surface area contributed by atoms with Gasteiger partial charge in [0.15, 0.2) is 5.75 Å². The van der Waals surface area contributed by atoms with E-state index < -0.39 is 11.9 Å². The minimum Gasteiger partial charge on any atom is -0.496 e. The number of carbonyl (C=O) groups excluding carboxylic acids is 1. The highest BCUT2D eigenvalue weighted by atomic mass is 35.5. The van der Waals surface area contributed by atoms with E-state index in [1.165, 1.54) is 26.4 Å². The quantitative estimate of drug-likeness (QED) is 0.875. The molecule has 0 aromatic heterocycles. The molecule has 0 aliphatic heterocycles. The highest BCUT2D eigenvalue weighted by Crippen LogP contribution is 2.35. The molecule has 0 aliphatic carbocycles. The fraction of sp³-hybridized carbons (Fsp3) is 0.125. The van der Waals surface area contributed by atoms with Crippen molar-refractivity contribution < 1.29 is 24.2 Å². The predicted octanol–water partition coefficient (Wildman–Crippen LogP) is 3.31. The van der Waals surface area contributed by atoms with Gasteiger partial charge in [-0.25, -0.2) is 4.79 Å². The summed E-state index contributed by atoms with van der Waals surface area (Å²) < 4.78 is 10.3. The Balaban J connectivity index is 2.42. The molecule has 0 saturated carbocycles. The number of halogens is 1. The van der Waals surface area contributed by atoms with Crippen LogP contribution in [0.5, 0.6) is 11.5 Å². The first-order chi connectivity index (χ1) is 11.0. The normalized spacial score (nSPS) is 10.0. The fourth-order valence-corrected chi connectivity index (χ4v) is 2.34. The number of para-hydroxylation sites is 1. The zero-order chi connectivity index (χ0) is 17.0. The Labute approximate surface area is 137 Å². The van der Waals surface area contributed by atoms with Crippen molar-refractivity contribution in [3.8, 4) is 11.5 Å². The minimum atomic E-state index is -1.16. The fourth-order valence-electron chi connectivity index (χ4n) is 2.04. The Kier molecular flexibility index (Phi) is 5.08. The van der Waals surface area contributed by atoms with Crippen molar-refractivity contribution in [2.24, 2.45) is 0 Å². The van der Waals surface area contributed by atoms with E-state index in [4.69, 9.17) is 26.2 Å².